The van der Waals surface area contributed by atoms with E-state index in [1.54, 1.807) is 13.8 Å². The number of anilines is 1. The third kappa shape index (κ3) is 2.88. The number of benzene rings is 1. The molecule has 0 spiro atoms. The molecular formula is C10H12F2N2O2. The Hall–Kier alpha value is -1.72. The average Bonchev–Trinajstić information content (AvgIpc) is 2.16. The van der Waals surface area contributed by atoms with Crippen LogP contribution in [-0.4, -0.2) is 11.0 Å². The van der Waals surface area contributed by atoms with Crippen LogP contribution < -0.4 is 5.32 Å². The lowest BCUT2D eigenvalue weighted by molar-refractivity contribution is -0.385. The predicted molar refractivity (Wildman–Crippen MR) is 56.8 cm³/mol. The second-order valence-electron chi connectivity index (χ2n) is 3.63. The van der Waals surface area contributed by atoms with Crippen LogP contribution in [0.4, 0.5) is 20.2 Å². The smallest absolute Gasteiger partial charge is 0.270 e. The number of alkyl halides is 2. The first-order valence-electron chi connectivity index (χ1n) is 4.75. The molecule has 1 N–H and O–H groups in total. The van der Waals surface area contributed by atoms with Gasteiger partial charge in [0, 0.05) is 29.4 Å². The number of halogens is 2. The van der Waals surface area contributed by atoms with Crippen molar-refractivity contribution in [3.05, 3.63) is 33.9 Å². The van der Waals surface area contributed by atoms with Gasteiger partial charge in [-0.1, -0.05) is 0 Å². The molecule has 1 aromatic rings. The van der Waals surface area contributed by atoms with Gasteiger partial charge in [-0.05, 0) is 19.9 Å². The molecule has 0 amide bonds. The van der Waals surface area contributed by atoms with Crippen LogP contribution in [0.3, 0.4) is 0 Å². The van der Waals surface area contributed by atoms with E-state index in [0.717, 1.165) is 6.07 Å². The predicted octanol–water partition coefficient (Wildman–Crippen LogP) is 3.35. The van der Waals surface area contributed by atoms with Crippen LogP contribution in [0.25, 0.3) is 0 Å². The van der Waals surface area contributed by atoms with Gasteiger partial charge in [0.1, 0.15) is 0 Å². The van der Waals surface area contributed by atoms with Gasteiger partial charge >= 0.3 is 0 Å². The number of rotatable bonds is 4. The number of nitro benzene ring substituents is 1. The minimum Gasteiger partial charge on any atom is -0.382 e. The van der Waals surface area contributed by atoms with Crippen molar-refractivity contribution in [1.82, 2.24) is 0 Å². The maximum atomic E-state index is 12.7. The van der Waals surface area contributed by atoms with Crippen molar-refractivity contribution in [3.63, 3.8) is 0 Å². The molecule has 16 heavy (non-hydrogen) atoms. The summed E-state index contributed by atoms with van der Waals surface area (Å²) in [5.41, 5.74) is -0.442. The minimum atomic E-state index is -2.74. The number of hydrogen-bond acceptors (Lipinski definition) is 3. The summed E-state index contributed by atoms with van der Waals surface area (Å²) < 4.78 is 25.3. The van der Waals surface area contributed by atoms with Gasteiger partial charge in [-0.25, -0.2) is 8.78 Å². The van der Waals surface area contributed by atoms with Gasteiger partial charge in [0.25, 0.3) is 12.1 Å². The fourth-order valence-corrected chi connectivity index (χ4v) is 1.29. The molecule has 0 atom stereocenters. The molecular weight excluding hydrogens is 218 g/mol. The first-order chi connectivity index (χ1) is 7.41. The number of nitro groups is 1. The molecule has 88 valence electrons. The van der Waals surface area contributed by atoms with E-state index in [1.165, 1.54) is 12.1 Å². The maximum Gasteiger partial charge on any atom is 0.270 e. The minimum absolute atomic E-state index is 0.0149. The second kappa shape index (κ2) is 4.87. The number of hydrogen-bond donors (Lipinski definition) is 1. The van der Waals surface area contributed by atoms with E-state index < -0.39 is 11.3 Å². The summed E-state index contributed by atoms with van der Waals surface area (Å²) >= 11 is 0. The summed E-state index contributed by atoms with van der Waals surface area (Å²) in [6, 6.07) is 3.39. The van der Waals surface area contributed by atoms with Crippen molar-refractivity contribution in [2.45, 2.75) is 26.3 Å². The quantitative estimate of drug-likeness (QED) is 0.637. The highest BCUT2D eigenvalue weighted by molar-refractivity contribution is 5.57. The summed E-state index contributed by atoms with van der Waals surface area (Å²) in [6.45, 7) is 3.60. The molecule has 0 aliphatic carbocycles. The van der Waals surface area contributed by atoms with E-state index in [4.69, 9.17) is 0 Å². The van der Waals surface area contributed by atoms with Crippen molar-refractivity contribution in [3.8, 4) is 0 Å². The zero-order valence-corrected chi connectivity index (χ0v) is 8.91. The van der Waals surface area contributed by atoms with Gasteiger partial charge in [0.2, 0.25) is 0 Å². The van der Waals surface area contributed by atoms with Crippen LogP contribution in [0.15, 0.2) is 18.2 Å². The maximum absolute atomic E-state index is 12.7. The summed E-state index contributed by atoms with van der Waals surface area (Å²) in [5, 5.41) is 13.3. The molecule has 0 bridgehead atoms. The third-order valence-corrected chi connectivity index (χ3v) is 1.93. The first-order valence-corrected chi connectivity index (χ1v) is 4.75. The zero-order valence-electron chi connectivity index (χ0n) is 8.91. The highest BCUT2D eigenvalue weighted by Crippen LogP contribution is 2.30. The van der Waals surface area contributed by atoms with Crippen LogP contribution in [0.5, 0.6) is 0 Å². The number of non-ortho nitro benzene ring substituents is 1. The lowest BCUT2D eigenvalue weighted by Gasteiger charge is -2.13. The van der Waals surface area contributed by atoms with Gasteiger partial charge in [0.15, 0.2) is 0 Å². The van der Waals surface area contributed by atoms with Crippen LogP contribution >= 0.6 is 0 Å². The summed E-state index contributed by atoms with van der Waals surface area (Å²) in [5.74, 6) is 0. The van der Waals surface area contributed by atoms with E-state index >= 15 is 0 Å². The molecule has 6 heteroatoms. The molecule has 0 saturated carbocycles. The topological polar surface area (TPSA) is 55.2 Å². The molecule has 1 aromatic carbocycles. The van der Waals surface area contributed by atoms with Gasteiger partial charge in [0.05, 0.1) is 4.92 Å². The van der Waals surface area contributed by atoms with Crippen LogP contribution in [0, 0.1) is 10.1 Å². The lowest BCUT2D eigenvalue weighted by Crippen LogP contribution is -2.11. The number of nitrogens with zero attached hydrogens (tertiary/aromatic N) is 1. The molecule has 0 unspecified atom stereocenters. The highest BCUT2D eigenvalue weighted by Gasteiger charge is 2.18. The molecule has 0 aliphatic rings. The SMILES string of the molecule is CC(C)Nc1ccc([N+](=O)[O-])cc1C(F)F. The van der Waals surface area contributed by atoms with Crippen molar-refractivity contribution in [1.29, 1.82) is 0 Å². The normalized spacial score (nSPS) is 10.9. The molecule has 0 fully saturated rings. The summed E-state index contributed by atoms with van der Waals surface area (Å²) in [6.07, 6.45) is -2.74. The van der Waals surface area contributed by atoms with Crippen molar-refractivity contribution < 1.29 is 13.7 Å². The molecule has 0 aromatic heterocycles. The van der Waals surface area contributed by atoms with Crippen LogP contribution in [-0.2, 0) is 0 Å². The highest BCUT2D eigenvalue weighted by atomic mass is 19.3. The summed E-state index contributed by atoms with van der Waals surface area (Å²) in [4.78, 5) is 9.76. The van der Waals surface area contributed by atoms with Gasteiger partial charge in [-0.15, -0.1) is 0 Å². The fraction of sp³-hybridized carbons (Fsp3) is 0.400. The van der Waals surface area contributed by atoms with E-state index in [1.807, 2.05) is 0 Å². The fourth-order valence-electron chi connectivity index (χ4n) is 1.29. The molecule has 1 rings (SSSR count). The Morgan fingerprint density at radius 2 is 2.00 bits per heavy atom. The standard InChI is InChI=1S/C10H12F2N2O2/c1-6(2)13-9-4-3-7(14(15)16)5-8(9)10(11)12/h3-6,10,13H,1-2H3. The molecule has 0 saturated heterocycles. The Morgan fingerprint density at radius 1 is 1.38 bits per heavy atom. The lowest BCUT2D eigenvalue weighted by atomic mass is 10.1. The van der Waals surface area contributed by atoms with Crippen molar-refractivity contribution >= 4 is 11.4 Å². The van der Waals surface area contributed by atoms with Crippen LogP contribution in [0.2, 0.25) is 0 Å². The Bertz CT molecular complexity index is 394. The Morgan fingerprint density at radius 3 is 2.44 bits per heavy atom. The first kappa shape index (κ1) is 12.4. The second-order valence-corrected chi connectivity index (χ2v) is 3.63. The zero-order chi connectivity index (χ0) is 12.3. The molecule has 4 nitrogen and oxygen atoms in total. The Kier molecular flexibility index (Phi) is 3.76. The van der Waals surface area contributed by atoms with E-state index in [9.17, 15) is 18.9 Å². The molecule has 0 radical (unpaired) electrons. The van der Waals surface area contributed by atoms with E-state index in [2.05, 4.69) is 5.32 Å². The van der Waals surface area contributed by atoms with E-state index in [0.29, 0.717) is 0 Å². The van der Waals surface area contributed by atoms with Crippen LogP contribution in [0.1, 0.15) is 25.8 Å². The van der Waals surface area contributed by atoms with E-state index in [-0.39, 0.29) is 23.0 Å². The molecule has 0 heterocycles. The Balaban J connectivity index is 3.14. The van der Waals surface area contributed by atoms with Gasteiger partial charge < -0.3 is 5.32 Å². The molecule has 0 aliphatic heterocycles. The van der Waals surface area contributed by atoms with Gasteiger partial charge in [-0.2, -0.15) is 0 Å². The average molecular weight is 230 g/mol. The summed E-state index contributed by atoms with van der Waals surface area (Å²) in [7, 11) is 0. The Labute approximate surface area is 91.4 Å². The van der Waals surface area contributed by atoms with Gasteiger partial charge in [-0.3, -0.25) is 10.1 Å². The number of nitrogens with one attached hydrogen (secondary N) is 1. The largest absolute Gasteiger partial charge is 0.382 e. The van der Waals surface area contributed by atoms with Crippen molar-refractivity contribution in [2.75, 3.05) is 5.32 Å². The monoisotopic (exact) mass is 230 g/mol. The van der Waals surface area contributed by atoms with Crippen molar-refractivity contribution in [2.24, 2.45) is 0 Å². The third-order valence-electron chi connectivity index (χ3n) is 1.93.